The summed E-state index contributed by atoms with van der Waals surface area (Å²) in [6, 6.07) is 12.7. The van der Waals surface area contributed by atoms with Crippen LogP contribution in [0.25, 0.3) is 0 Å². The lowest BCUT2D eigenvalue weighted by Crippen LogP contribution is -2.15. The molecular weight excluding hydrogens is 403 g/mol. The first-order valence-corrected chi connectivity index (χ1v) is 9.96. The van der Waals surface area contributed by atoms with Gasteiger partial charge in [0.05, 0.1) is 21.7 Å². The lowest BCUT2D eigenvalue weighted by Gasteiger charge is -2.13. The number of aromatic nitrogens is 1. The van der Waals surface area contributed by atoms with Gasteiger partial charge in [-0.2, -0.15) is 0 Å². The van der Waals surface area contributed by atoms with Crippen molar-refractivity contribution in [3.63, 3.8) is 0 Å². The number of amides is 1. The zero-order valence-corrected chi connectivity index (χ0v) is 17.2. The molecule has 2 aromatic carbocycles. The van der Waals surface area contributed by atoms with Crippen LogP contribution in [0.2, 0.25) is 10.0 Å². The molecule has 0 aliphatic carbocycles. The van der Waals surface area contributed by atoms with Crippen molar-refractivity contribution in [2.75, 3.05) is 5.32 Å². The van der Waals surface area contributed by atoms with Crippen LogP contribution in [0.3, 0.4) is 0 Å². The van der Waals surface area contributed by atoms with E-state index in [4.69, 9.17) is 27.9 Å². The number of hydrogen-bond donors (Lipinski definition) is 1. The van der Waals surface area contributed by atoms with Crippen molar-refractivity contribution < 1.29 is 9.53 Å². The third-order valence-electron chi connectivity index (χ3n) is 3.66. The second-order valence-electron chi connectivity index (χ2n) is 6.14. The predicted molar refractivity (Wildman–Crippen MR) is 112 cm³/mol. The van der Waals surface area contributed by atoms with E-state index in [9.17, 15) is 4.79 Å². The molecule has 3 rings (SSSR count). The van der Waals surface area contributed by atoms with Gasteiger partial charge in [0.1, 0.15) is 5.75 Å². The number of anilines is 1. The zero-order chi connectivity index (χ0) is 19.4. The van der Waals surface area contributed by atoms with Crippen LogP contribution in [0.4, 0.5) is 5.13 Å². The maximum atomic E-state index is 12.6. The Bertz CT molecular complexity index is 957. The highest BCUT2D eigenvalue weighted by Gasteiger charge is 2.15. The number of nitrogens with one attached hydrogen (secondary N) is 1. The van der Waals surface area contributed by atoms with Crippen LogP contribution in [0, 0.1) is 0 Å². The van der Waals surface area contributed by atoms with Crippen molar-refractivity contribution >= 4 is 45.6 Å². The monoisotopic (exact) mass is 420 g/mol. The molecule has 27 heavy (non-hydrogen) atoms. The lowest BCUT2D eigenvalue weighted by molar-refractivity contribution is 0.102. The van der Waals surface area contributed by atoms with Gasteiger partial charge in [0.25, 0.3) is 5.91 Å². The number of nitrogens with zero attached hydrogens (tertiary/aromatic N) is 1. The van der Waals surface area contributed by atoms with Gasteiger partial charge in [-0.15, -0.1) is 11.3 Å². The maximum Gasteiger partial charge on any atom is 0.261 e. The summed E-state index contributed by atoms with van der Waals surface area (Å²) in [7, 11) is 0. The summed E-state index contributed by atoms with van der Waals surface area (Å²) in [5.41, 5.74) is 1.39. The molecule has 0 radical (unpaired) electrons. The summed E-state index contributed by atoms with van der Waals surface area (Å²) in [6.07, 6.45) is 2.31. The van der Waals surface area contributed by atoms with Crippen LogP contribution in [0.15, 0.2) is 48.7 Å². The molecule has 0 saturated carbocycles. The molecule has 0 fully saturated rings. The van der Waals surface area contributed by atoms with E-state index in [1.165, 1.54) is 11.3 Å². The topological polar surface area (TPSA) is 51.2 Å². The highest BCUT2D eigenvalue weighted by Crippen LogP contribution is 2.30. The fourth-order valence-corrected chi connectivity index (χ4v) is 3.71. The molecule has 7 heteroatoms. The van der Waals surface area contributed by atoms with E-state index in [2.05, 4.69) is 10.3 Å². The van der Waals surface area contributed by atoms with Gasteiger partial charge < -0.3 is 4.74 Å². The van der Waals surface area contributed by atoms with Crippen LogP contribution in [0.1, 0.15) is 34.6 Å². The van der Waals surface area contributed by atoms with E-state index < -0.39 is 0 Å². The second kappa shape index (κ2) is 8.74. The number of ether oxygens (including phenoxy) is 1. The molecular formula is C20H18Cl2N2O2S. The van der Waals surface area contributed by atoms with Crippen LogP contribution >= 0.6 is 34.5 Å². The Morgan fingerprint density at radius 3 is 2.74 bits per heavy atom. The largest absolute Gasteiger partial charge is 0.490 e. The van der Waals surface area contributed by atoms with Crippen molar-refractivity contribution in [2.24, 2.45) is 0 Å². The minimum atomic E-state index is -0.257. The average Bonchev–Trinajstić information content (AvgIpc) is 3.06. The van der Waals surface area contributed by atoms with E-state index >= 15 is 0 Å². The first kappa shape index (κ1) is 19.7. The first-order chi connectivity index (χ1) is 12.9. The fourth-order valence-electron chi connectivity index (χ4n) is 2.50. The van der Waals surface area contributed by atoms with E-state index in [-0.39, 0.29) is 12.0 Å². The number of thiazole rings is 1. The van der Waals surface area contributed by atoms with Gasteiger partial charge in [-0.25, -0.2) is 4.98 Å². The maximum absolute atomic E-state index is 12.6. The SMILES string of the molecule is CC(C)Oc1ccccc1C(=O)Nc1ncc(Cc2cccc(Cl)c2Cl)s1. The minimum absolute atomic E-state index is 0.0205. The third kappa shape index (κ3) is 5.01. The van der Waals surface area contributed by atoms with Crippen molar-refractivity contribution in [1.29, 1.82) is 0 Å². The highest BCUT2D eigenvalue weighted by atomic mass is 35.5. The quantitative estimate of drug-likeness (QED) is 0.525. The molecule has 0 spiro atoms. The summed E-state index contributed by atoms with van der Waals surface area (Å²) in [5.74, 6) is 0.292. The normalized spacial score (nSPS) is 10.9. The van der Waals surface area contributed by atoms with Gasteiger partial charge >= 0.3 is 0 Å². The highest BCUT2D eigenvalue weighted by molar-refractivity contribution is 7.15. The Morgan fingerprint density at radius 1 is 1.19 bits per heavy atom. The van der Waals surface area contributed by atoms with Crippen LogP contribution < -0.4 is 10.1 Å². The third-order valence-corrected chi connectivity index (χ3v) is 5.44. The van der Waals surface area contributed by atoms with Gasteiger partial charge in [0.15, 0.2) is 5.13 Å². The minimum Gasteiger partial charge on any atom is -0.490 e. The smallest absolute Gasteiger partial charge is 0.261 e. The van der Waals surface area contributed by atoms with Crippen molar-refractivity contribution in [2.45, 2.75) is 26.4 Å². The number of benzene rings is 2. The van der Waals surface area contributed by atoms with E-state index in [1.54, 1.807) is 30.5 Å². The zero-order valence-electron chi connectivity index (χ0n) is 14.8. The van der Waals surface area contributed by atoms with E-state index in [1.807, 2.05) is 32.0 Å². The van der Waals surface area contributed by atoms with E-state index in [0.29, 0.717) is 32.9 Å². The molecule has 0 atom stereocenters. The number of halogens is 2. The molecule has 0 saturated heterocycles. The molecule has 1 amide bonds. The molecule has 140 valence electrons. The molecule has 0 bridgehead atoms. The summed E-state index contributed by atoms with van der Waals surface area (Å²) >= 11 is 13.7. The van der Waals surface area contributed by atoms with Gasteiger partial charge in [-0.3, -0.25) is 10.1 Å². The first-order valence-electron chi connectivity index (χ1n) is 8.38. The van der Waals surface area contributed by atoms with Gasteiger partial charge in [0.2, 0.25) is 0 Å². The van der Waals surface area contributed by atoms with Crippen molar-refractivity contribution in [3.8, 4) is 5.75 Å². The molecule has 1 heterocycles. The van der Waals surface area contributed by atoms with Crippen LogP contribution in [0.5, 0.6) is 5.75 Å². The molecule has 1 N–H and O–H groups in total. The molecule has 4 nitrogen and oxygen atoms in total. The summed E-state index contributed by atoms with van der Waals surface area (Å²) in [5, 5.41) is 4.42. The Morgan fingerprint density at radius 2 is 1.96 bits per heavy atom. The Balaban J connectivity index is 1.73. The van der Waals surface area contributed by atoms with Gasteiger partial charge in [0, 0.05) is 17.5 Å². The number of hydrogen-bond acceptors (Lipinski definition) is 4. The Labute approximate surface area is 172 Å². The molecule has 1 aromatic heterocycles. The van der Waals surface area contributed by atoms with Gasteiger partial charge in [-0.1, -0.05) is 47.5 Å². The number of carbonyl (C=O) groups is 1. The predicted octanol–water partition coefficient (Wildman–Crippen LogP) is 6.08. The summed E-state index contributed by atoms with van der Waals surface area (Å²) in [6.45, 7) is 3.84. The Hall–Kier alpha value is -2.08. The summed E-state index contributed by atoms with van der Waals surface area (Å²) in [4.78, 5) is 17.9. The van der Waals surface area contributed by atoms with Crippen molar-refractivity contribution in [3.05, 3.63) is 74.7 Å². The molecule has 0 aliphatic heterocycles. The number of para-hydroxylation sites is 1. The Kier molecular flexibility index (Phi) is 6.37. The van der Waals surface area contributed by atoms with E-state index in [0.717, 1.165) is 10.4 Å². The standard InChI is InChI=1S/C20H18Cl2N2O2S/c1-12(2)26-17-9-4-3-7-15(17)19(25)24-20-23-11-14(27-20)10-13-6-5-8-16(21)18(13)22/h3-9,11-12H,10H2,1-2H3,(H,23,24,25). The number of carbonyl (C=O) groups excluding carboxylic acids is 1. The molecule has 0 aliphatic rings. The second-order valence-corrected chi connectivity index (χ2v) is 8.04. The van der Waals surface area contributed by atoms with Crippen LogP contribution in [-0.4, -0.2) is 17.0 Å². The van der Waals surface area contributed by atoms with Crippen molar-refractivity contribution in [1.82, 2.24) is 4.98 Å². The fraction of sp³-hybridized carbons (Fsp3) is 0.200. The molecule has 0 unspecified atom stereocenters. The molecule has 3 aromatic rings. The van der Waals surface area contributed by atoms with Crippen LogP contribution in [-0.2, 0) is 6.42 Å². The lowest BCUT2D eigenvalue weighted by atomic mass is 10.1. The average molecular weight is 421 g/mol. The van der Waals surface area contributed by atoms with Gasteiger partial charge in [-0.05, 0) is 37.6 Å². The summed E-state index contributed by atoms with van der Waals surface area (Å²) < 4.78 is 5.71. The number of rotatable bonds is 6.